The van der Waals surface area contributed by atoms with E-state index in [1.807, 2.05) is 25.1 Å². The molecule has 0 aliphatic rings. The van der Waals surface area contributed by atoms with Gasteiger partial charge >= 0.3 is 5.97 Å². The molecule has 0 unspecified atom stereocenters. The molecule has 0 fully saturated rings. The largest absolute Gasteiger partial charge is 0.493 e. The Morgan fingerprint density at radius 3 is 2.68 bits per heavy atom. The van der Waals surface area contributed by atoms with Crippen molar-refractivity contribution in [3.63, 3.8) is 0 Å². The molecule has 2 N–H and O–H groups in total. The Morgan fingerprint density at radius 2 is 2.05 bits per heavy atom. The smallest absolute Gasteiger partial charge is 0.305 e. The summed E-state index contributed by atoms with van der Waals surface area (Å²) in [7, 11) is 2.96. The lowest BCUT2D eigenvalue weighted by atomic mass is 10.2. The minimum Gasteiger partial charge on any atom is -0.493 e. The topological polar surface area (TPSA) is 68.8 Å². The molecule has 22 heavy (non-hydrogen) atoms. The van der Waals surface area contributed by atoms with Gasteiger partial charge in [-0.3, -0.25) is 4.79 Å². The molecule has 0 amide bonds. The molecule has 0 atom stereocenters. The van der Waals surface area contributed by atoms with E-state index in [0.717, 1.165) is 5.69 Å². The van der Waals surface area contributed by atoms with Crippen LogP contribution in [0.4, 0.5) is 5.69 Å². The van der Waals surface area contributed by atoms with Gasteiger partial charge in [0.25, 0.3) is 0 Å². The first kappa shape index (κ1) is 18.0. The van der Waals surface area contributed by atoms with Crippen molar-refractivity contribution in [3.8, 4) is 11.5 Å². The lowest BCUT2D eigenvalue weighted by Crippen LogP contribution is -2.29. The van der Waals surface area contributed by atoms with Gasteiger partial charge in [0, 0.05) is 24.7 Å². The van der Waals surface area contributed by atoms with Gasteiger partial charge in [-0.1, -0.05) is 0 Å². The van der Waals surface area contributed by atoms with Gasteiger partial charge in [-0.25, -0.2) is 0 Å². The number of benzene rings is 1. The number of rotatable bonds is 8. The quantitative estimate of drug-likeness (QED) is 0.432. The van der Waals surface area contributed by atoms with Gasteiger partial charge in [-0.2, -0.15) is 0 Å². The van der Waals surface area contributed by atoms with Crippen LogP contribution in [-0.4, -0.2) is 38.5 Å². The van der Waals surface area contributed by atoms with Crippen LogP contribution in [0.15, 0.2) is 18.2 Å². The third-order valence-corrected chi connectivity index (χ3v) is 3.04. The number of esters is 1. The van der Waals surface area contributed by atoms with Crippen molar-refractivity contribution in [1.29, 1.82) is 0 Å². The SMILES string of the molecule is CCOc1ccc(NC(=S)NCCCC(=O)OC)cc1OC. The van der Waals surface area contributed by atoms with E-state index in [9.17, 15) is 4.79 Å². The van der Waals surface area contributed by atoms with E-state index in [4.69, 9.17) is 21.7 Å². The normalized spacial score (nSPS) is 9.77. The summed E-state index contributed by atoms with van der Waals surface area (Å²) in [6.45, 7) is 3.08. The second-order valence-corrected chi connectivity index (χ2v) is 4.77. The van der Waals surface area contributed by atoms with Crippen molar-refractivity contribution in [2.45, 2.75) is 19.8 Å². The second kappa shape index (κ2) is 9.83. The summed E-state index contributed by atoms with van der Waals surface area (Å²) >= 11 is 5.20. The number of carbonyl (C=O) groups excluding carboxylic acids is 1. The summed E-state index contributed by atoms with van der Waals surface area (Å²) in [5.74, 6) is 1.10. The van der Waals surface area contributed by atoms with Crippen molar-refractivity contribution < 1.29 is 19.0 Å². The minimum absolute atomic E-state index is 0.225. The number of hydrogen-bond donors (Lipinski definition) is 2. The Bertz CT molecular complexity index is 508. The van der Waals surface area contributed by atoms with E-state index < -0.39 is 0 Å². The van der Waals surface area contributed by atoms with E-state index in [1.54, 1.807) is 7.11 Å². The molecule has 0 aliphatic carbocycles. The highest BCUT2D eigenvalue weighted by Crippen LogP contribution is 2.30. The first-order valence-corrected chi connectivity index (χ1v) is 7.44. The van der Waals surface area contributed by atoms with Crippen LogP contribution in [0, 0.1) is 0 Å². The van der Waals surface area contributed by atoms with Crippen LogP contribution in [0.25, 0.3) is 0 Å². The fraction of sp³-hybridized carbons (Fsp3) is 0.467. The van der Waals surface area contributed by atoms with Crippen LogP contribution in [0.2, 0.25) is 0 Å². The van der Waals surface area contributed by atoms with Crippen LogP contribution in [0.1, 0.15) is 19.8 Å². The highest BCUT2D eigenvalue weighted by molar-refractivity contribution is 7.80. The predicted molar refractivity (Wildman–Crippen MR) is 89.6 cm³/mol. The van der Waals surface area contributed by atoms with Gasteiger partial charge in [-0.05, 0) is 37.7 Å². The number of thiocarbonyl (C=S) groups is 1. The van der Waals surface area contributed by atoms with Crippen LogP contribution in [0.3, 0.4) is 0 Å². The van der Waals surface area contributed by atoms with E-state index in [0.29, 0.717) is 42.6 Å². The molecular formula is C15H22N2O4S. The maximum atomic E-state index is 11.0. The number of ether oxygens (including phenoxy) is 3. The number of carbonyl (C=O) groups is 1. The number of hydrogen-bond acceptors (Lipinski definition) is 5. The Hall–Kier alpha value is -2.02. The summed E-state index contributed by atoms with van der Waals surface area (Å²) in [6, 6.07) is 5.49. The fourth-order valence-electron chi connectivity index (χ4n) is 1.73. The van der Waals surface area contributed by atoms with Crippen molar-refractivity contribution in [1.82, 2.24) is 5.32 Å². The van der Waals surface area contributed by atoms with E-state index in [2.05, 4.69) is 15.4 Å². The second-order valence-electron chi connectivity index (χ2n) is 4.36. The van der Waals surface area contributed by atoms with Crippen LogP contribution in [-0.2, 0) is 9.53 Å². The average molecular weight is 326 g/mol. The van der Waals surface area contributed by atoms with E-state index in [1.165, 1.54) is 7.11 Å². The third kappa shape index (κ3) is 6.17. The van der Waals surface area contributed by atoms with Gasteiger partial charge < -0.3 is 24.8 Å². The first-order valence-electron chi connectivity index (χ1n) is 7.03. The molecule has 0 bridgehead atoms. The molecule has 0 saturated carbocycles. The van der Waals surface area contributed by atoms with Gasteiger partial charge in [0.15, 0.2) is 16.6 Å². The number of anilines is 1. The molecule has 0 heterocycles. The lowest BCUT2D eigenvalue weighted by Gasteiger charge is -2.13. The van der Waals surface area contributed by atoms with Gasteiger partial charge in [0.2, 0.25) is 0 Å². The zero-order chi connectivity index (χ0) is 16.4. The molecule has 0 aromatic heterocycles. The fourth-order valence-corrected chi connectivity index (χ4v) is 1.95. The molecular weight excluding hydrogens is 304 g/mol. The summed E-state index contributed by atoms with van der Waals surface area (Å²) in [5, 5.41) is 6.57. The maximum Gasteiger partial charge on any atom is 0.305 e. The zero-order valence-corrected chi connectivity index (χ0v) is 13.9. The standard InChI is InChI=1S/C15H22N2O4S/c1-4-21-12-8-7-11(10-13(12)19-2)17-15(22)16-9-5-6-14(18)20-3/h7-8,10H,4-6,9H2,1-3H3,(H2,16,17,22). The van der Waals surface area contributed by atoms with Crippen molar-refractivity contribution in [2.24, 2.45) is 0 Å². The molecule has 6 nitrogen and oxygen atoms in total. The highest BCUT2D eigenvalue weighted by Gasteiger charge is 2.06. The first-order chi connectivity index (χ1) is 10.6. The summed E-state index contributed by atoms with van der Waals surface area (Å²) < 4.78 is 15.3. The lowest BCUT2D eigenvalue weighted by molar-refractivity contribution is -0.140. The van der Waals surface area contributed by atoms with E-state index >= 15 is 0 Å². The highest BCUT2D eigenvalue weighted by atomic mass is 32.1. The maximum absolute atomic E-state index is 11.0. The number of methoxy groups -OCH3 is 2. The monoisotopic (exact) mass is 326 g/mol. The van der Waals surface area contributed by atoms with Gasteiger partial charge in [0.1, 0.15) is 0 Å². The summed E-state index contributed by atoms with van der Waals surface area (Å²) in [5.41, 5.74) is 0.797. The zero-order valence-electron chi connectivity index (χ0n) is 13.1. The molecule has 7 heteroatoms. The Labute approximate surface area is 136 Å². The van der Waals surface area contributed by atoms with Crippen LogP contribution >= 0.6 is 12.2 Å². The molecule has 0 spiro atoms. The molecule has 0 aliphatic heterocycles. The Balaban J connectivity index is 2.45. The molecule has 1 aromatic rings. The molecule has 0 saturated heterocycles. The Kier molecular flexibility index (Phi) is 8.06. The van der Waals surface area contributed by atoms with Crippen LogP contribution < -0.4 is 20.1 Å². The van der Waals surface area contributed by atoms with E-state index in [-0.39, 0.29) is 5.97 Å². The van der Waals surface area contributed by atoms with Crippen molar-refractivity contribution >= 4 is 29.0 Å². The Morgan fingerprint density at radius 1 is 1.27 bits per heavy atom. The summed E-state index contributed by atoms with van der Waals surface area (Å²) in [6.07, 6.45) is 1.02. The third-order valence-electron chi connectivity index (χ3n) is 2.79. The minimum atomic E-state index is -0.225. The van der Waals surface area contributed by atoms with Crippen molar-refractivity contribution in [2.75, 3.05) is 32.7 Å². The molecule has 122 valence electrons. The van der Waals surface area contributed by atoms with Gasteiger partial charge in [-0.15, -0.1) is 0 Å². The average Bonchev–Trinajstić information content (AvgIpc) is 2.52. The molecule has 0 radical (unpaired) electrons. The number of nitrogens with one attached hydrogen (secondary N) is 2. The predicted octanol–water partition coefficient (Wildman–Crippen LogP) is 2.33. The molecule has 1 rings (SSSR count). The molecule has 1 aromatic carbocycles. The van der Waals surface area contributed by atoms with Gasteiger partial charge in [0.05, 0.1) is 20.8 Å². The van der Waals surface area contributed by atoms with Crippen LogP contribution in [0.5, 0.6) is 11.5 Å². The van der Waals surface area contributed by atoms with Crippen molar-refractivity contribution in [3.05, 3.63) is 18.2 Å². The summed E-state index contributed by atoms with van der Waals surface area (Å²) in [4.78, 5) is 11.0.